The Morgan fingerprint density at radius 2 is 1.95 bits per heavy atom. The maximum Gasteiger partial charge on any atom is 0.303 e. The van der Waals surface area contributed by atoms with Gasteiger partial charge in [0.1, 0.15) is 11.6 Å². The Labute approximate surface area is 230 Å². The van der Waals surface area contributed by atoms with Crippen molar-refractivity contribution in [2.45, 2.75) is 44.8 Å². The Balaban J connectivity index is 1.41. The third-order valence-corrected chi connectivity index (χ3v) is 7.83. The Hall–Kier alpha value is -3.41. The fourth-order valence-electron chi connectivity index (χ4n) is 5.59. The predicted molar refractivity (Wildman–Crippen MR) is 144 cm³/mol. The maximum atomic E-state index is 13.9. The van der Waals surface area contributed by atoms with Gasteiger partial charge in [0.15, 0.2) is 11.6 Å². The largest absolute Gasteiger partial charge is 0.497 e. The highest BCUT2D eigenvalue weighted by Gasteiger charge is 2.37. The molecular weight excluding hydrogens is 527 g/mol. The molecule has 40 heavy (non-hydrogen) atoms. The van der Waals surface area contributed by atoms with Crippen molar-refractivity contribution in [2.75, 3.05) is 38.6 Å². The van der Waals surface area contributed by atoms with Crippen LogP contribution in [-0.2, 0) is 11.4 Å². The van der Waals surface area contributed by atoms with E-state index in [1.54, 1.807) is 18.2 Å². The molecule has 0 unspecified atom stereocenters. The molecule has 4 rings (SSSR count). The van der Waals surface area contributed by atoms with Crippen molar-refractivity contribution in [3.63, 3.8) is 0 Å². The van der Waals surface area contributed by atoms with E-state index >= 15 is 0 Å². The van der Waals surface area contributed by atoms with Crippen molar-refractivity contribution in [2.24, 2.45) is 5.41 Å². The van der Waals surface area contributed by atoms with E-state index in [9.17, 15) is 33.3 Å². The molecule has 1 aliphatic heterocycles. The van der Waals surface area contributed by atoms with Crippen LogP contribution in [0.25, 0.3) is 10.9 Å². The Morgan fingerprint density at radius 3 is 2.62 bits per heavy atom. The van der Waals surface area contributed by atoms with Crippen LogP contribution in [0, 0.1) is 22.9 Å². The Bertz CT molecular complexity index is 1340. The van der Waals surface area contributed by atoms with E-state index in [0.717, 1.165) is 6.07 Å². The van der Waals surface area contributed by atoms with Gasteiger partial charge in [0.25, 0.3) is 0 Å². The van der Waals surface area contributed by atoms with Crippen molar-refractivity contribution in [1.29, 1.82) is 0 Å². The molecule has 0 spiro atoms. The molecule has 216 valence electrons. The van der Waals surface area contributed by atoms with E-state index in [-0.39, 0.29) is 25.3 Å². The second-order valence-electron chi connectivity index (χ2n) is 10.4. The maximum absolute atomic E-state index is 13.9. The summed E-state index contributed by atoms with van der Waals surface area (Å²) in [6.45, 7) is 1.60. The summed E-state index contributed by atoms with van der Waals surface area (Å²) in [5.41, 5.74) is 0.926. The van der Waals surface area contributed by atoms with E-state index in [4.69, 9.17) is 4.74 Å². The molecule has 1 saturated heterocycles. The first-order chi connectivity index (χ1) is 19.1. The van der Waals surface area contributed by atoms with Crippen molar-refractivity contribution in [3.05, 3.63) is 65.1 Å². The summed E-state index contributed by atoms with van der Waals surface area (Å²) in [4.78, 5) is 18.2. The molecule has 1 fully saturated rings. The molecule has 4 N–H and O–H groups in total. The van der Waals surface area contributed by atoms with Crippen LogP contribution in [0.15, 0.2) is 36.5 Å². The molecular formula is C29H34F3N3O5. The lowest BCUT2D eigenvalue weighted by Gasteiger charge is -2.41. The van der Waals surface area contributed by atoms with Crippen LogP contribution in [0.3, 0.4) is 0 Å². The van der Waals surface area contributed by atoms with Gasteiger partial charge in [-0.25, -0.2) is 13.2 Å². The molecule has 0 saturated carbocycles. The van der Waals surface area contributed by atoms with Crippen LogP contribution >= 0.6 is 0 Å². The molecule has 0 aliphatic carbocycles. The molecule has 11 heteroatoms. The minimum absolute atomic E-state index is 0.0443. The molecule has 1 aliphatic rings. The molecule has 0 amide bonds. The number of hydrogen-bond donors (Lipinski definition) is 4. The van der Waals surface area contributed by atoms with Gasteiger partial charge >= 0.3 is 5.97 Å². The van der Waals surface area contributed by atoms with Gasteiger partial charge in [-0.15, -0.1) is 0 Å². The van der Waals surface area contributed by atoms with Crippen molar-refractivity contribution in [3.8, 4) is 5.75 Å². The number of anilines is 1. The fraction of sp³-hybridized carbons (Fsp3) is 0.448. The summed E-state index contributed by atoms with van der Waals surface area (Å²) in [5.74, 6) is -3.59. The molecule has 1 aromatic heterocycles. The number of fused-ring (bicyclic) bond motifs is 1. The highest BCUT2D eigenvalue weighted by Crippen LogP contribution is 2.42. The molecule has 0 bridgehead atoms. The van der Waals surface area contributed by atoms with Crippen LogP contribution in [0.2, 0.25) is 0 Å². The van der Waals surface area contributed by atoms with E-state index in [1.165, 1.54) is 13.3 Å². The lowest BCUT2D eigenvalue weighted by atomic mass is 9.71. The Kier molecular flexibility index (Phi) is 9.49. The van der Waals surface area contributed by atoms with Gasteiger partial charge in [-0.3, -0.25) is 9.78 Å². The van der Waals surface area contributed by atoms with Gasteiger partial charge in [-0.2, -0.15) is 0 Å². The number of carbonyl (C=O) groups is 1. The highest BCUT2D eigenvalue weighted by atomic mass is 19.2. The van der Waals surface area contributed by atoms with E-state index in [2.05, 4.69) is 15.2 Å². The monoisotopic (exact) mass is 561 g/mol. The van der Waals surface area contributed by atoms with Gasteiger partial charge in [-0.05, 0) is 68.0 Å². The number of carboxylic acids is 1. The van der Waals surface area contributed by atoms with Crippen LogP contribution < -0.4 is 10.1 Å². The number of piperidine rings is 1. The topological polar surface area (TPSA) is 115 Å². The van der Waals surface area contributed by atoms with Crippen molar-refractivity contribution < 1.29 is 38.0 Å². The molecule has 1 atom stereocenters. The molecule has 8 nitrogen and oxygen atoms in total. The number of aromatic nitrogens is 1. The third-order valence-electron chi connectivity index (χ3n) is 7.83. The second kappa shape index (κ2) is 12.8. The molecule has 0 radical (unpaired) electrons. The lowest BCUT2D eigenvalue weighted by molar-refractivity contribution is -0.141. The zero-order valence-corrected chi connectivity index (χ0v) is 22.3. The number of pyridine rings is 1. The summed E-state index contributed by atoms with van der Waals surface area (Å²) in [6, 6.07) is 6.71. The smallest absolute Gasteiger partial charge is 0.303 e. The first-order valence-corrected chi connectivity index (χ1v) is 13.2. The minimum atomic E-state index is -1.26. The number of benzene rings is 2. The number of rotatable bonds is 12. The van der Waals surface area contributed by atoms with Crippen LogP contribution in [0.1, 0.15) is 49.3 Å². The average molecular weight is 562 g/mol. The molecule has 2 aromatic carbocycles. The van der Waals surface area contributed by atoms with Gasteiger partial charge < -0.3 is 30.3 Å². The molecule has 2 heterocycles. The summed E-state index contributed by atoms with van der Waals surface area (Å²) < 4.78 is 46.1. The van der Waals surface area contributed by atoms with Crippen LogP contribution in [0.5, 0.6) is 5.75 Å². The summed E-state index contributed by atoms with van der Waals surface area (Å²) in [6.07, 6.45) is 2.45. The number of methoxy groups -OCH3 is 1. The van der Waals surface area contributed by atoms with Gasteiger partial charge in [0, 0.05) is 42.4 Å². The number of carboxylic acid groups (broad SMARTS) is 1. The normalized spacial score (nSPS) is 16.1. The highest BCUT2D eigenvalue weighted by molar-refractivity contribution is 5.85. The van der Waals surface area contributed by atoms with Crippen molar-refractivity contribution >= 4 is 22.6 Å². The van der Waals surface area contributed by atoms with Gasteiger partial charge in [0.2, 0.25) is 0 Å². The first-order valence-electron chi connectivity index (χ1n) is 13.2. The number of nitrogens with zero attached hydrogens (tertiary/aromatic N) is 2. The number of ether oxygens (including phenoxy) is 1. The van der Waals surface area contributed by atoms with Crippen LogP contribution in [-0.4, -0.2) is 64.5 Å². The number of aliphatic carboxylic acids is 1. The minimum Gasteiger partial charge on any atom is -0.497 e. The van der Waals surface area contributed by atoms with Gasteiger partial charge in [0.05, 0.1) is 37.4 Å². The second-order valence-corrected chi connectivity index (χ2v) is 10.4. The number of nitrogens with one attached hydrogen (secondary N) is 1. The van der Waals surface area contributed by atoms with Crippen LogP contribution in [0.4, 0.5) is 18.9 Å². The van der Waals surface area contributed by atoms with Crippen molar-refractivity contribution in [1.82, 2.24) is 9.88 Å². The summed E-state index contributed by atoms with van der Waals surface area (Å²) >= 11 is 0. The third kappa shape index (κ3) is 6.83. The number of aliphatic hydroxyl groups excluding tert-OH is 2. The average Bonchev–Trinajstić information content (AvgIpc) is 2.94. The van der Waals surface area contributed by atoms with Gasteiger partial charge in [-0.1, -0.05) is 0 Å². The Morgan fingerprint density at radius 1 is 1.20 bits per heavy atom. The van der Waals surface area contributed by atoms with E-state index in [1.807, 2.05) is 0 Å². The number of aliphatic hydroxyl groups is 2. The number of hydrogen-bond acceptors (Lipinski definition) is 7. The molecule has 3 aromatic rings. The fourth-order valence-corrected chi connectivity index (χ4v) is 5.59. The quantitative estimate of drug-likeness (QED) is 0.237. The first kappa shape index (κ1) is 29.6. The predicted octanol–water partition coefficient (Wildman–Crippen LogP) is 4.64. The summed E-state index contributed by atoms with van der Waals surface area (Å²) in [7, 11) is 1.54. The summed E-state index contributed by atoms with van der Waals surface area (Å²) in [5, 5.41) is 34.3. The number of likely N-dealkylation sites (tertiary alicyclic amines) is 1. The zero-order chi connectivity index (χ0) is 28.9. The zero-order valence-electron chi connectivity index (χ0n) is 22.3. The van der Waals surface area contributed by atoms with E-state index in [0.29, 0.717) is 79.2 Å². The SMILES string of the molecule is COc1ccc2ncc(CO)c([C@@H](O)CCC3(CC(=O)O)CCN(CCNc4cc(F)cc(F)c4F)CC3)c2c1. The van der Waals surface area contributed by atoms with E-state index < -0.39 is 34.9 Å². The standard InChI is InChI=1S/C29H34F3N3O5/c1-40-20-2-3-23-21(14-20)27(18(17-36)16-34-23)25(37)4-5-29(15-26(38)39)6-9-35(10-7-29)11-8-33-24-13-19(30)12-22(31)28(24)32/h2-3,12-14,16,25,33,36-37H,4-11,15,17H2,1H3,(H,38,39)/t25-/m0/s1. The lowest BCUT2D eigenvalue weighted by Crippen LogP contribution is -2.43. The number of halogens is 3.